The monoisotopic (exact) mass is 237 g/mol. The maximum Gasteiger partial charge on any atom is 0.406 e. The van der Waals surface area contributed by atoms with Crippen LogP contribution in [0.1, 0.15) is 12.8 Å². The lowest BCUT2D eigenvalue weighted by Gasteiger charge is -2.28. The van der Waals surface area contributed by atoms with E-state index < -0.39 is 4.92 Å². The van der Waals surface area contributed by atoms with Crippen LogP contribution >= 0.6 is 0 Å². The van der Waals surface area contributed by atoms with Gasteiger partial charge in [-0.05, 0) is 41.9 Å². The third kappa shape index (κ3) is 2.91. The molecule has 17 heavy (non-hydrogen) atoms. The number of piperidine rings is 1. The van der Waals surface area contributed by atoms with E-state index in [1.54, 1.807) is 12.1 Å². The average Bonchev–Trinajstić information content (AvgIpc) is 2.32. The van der Waals surface area contributed by atoms with E-state index in [2.05, 4.69) is 16.9 Å². The Labute approximate surface area is 99.4 Å². The summed E-state index contributed by atoms with van der Waals surface area (Å²) < 4.78 is 5.67. The van der Waals surface area contributed by atoms with Crippen molar-refractivity contribution in [2.24, 2.45) is 0 Å². The van der Waals surface area contributed by atoms with Gasteiger partial charge < -0.3 is 19.8 Å². The molecule has 0 atom stereocenters. The van der Waals surface area contributed by atoms with Gasteiger partial charge in [-0.3, -0.25) is 0 Å². The second-order valence-corrected chi connectivity index (χ2v) is 4.20. The van der Waals surface area contributed by atoms with Gasteiger partial charge in [0.25, 0.3) is 0 Å². The smallest absolute Gasteiger partial charge is 0.406 e. The van der Waals surface area contributed by atoms with Crippen molar-refractivity contribution in [2.45, 2.75) is 18.9 Å². The summed E-state index contributed by atoms with van der Waals surface area (Å²) in [5.74, 6) is 0.0680. The second-order valence-electron chi connectivity index (χ2n) is 4.20. The Hall–Kier alpha value is -1.69. The molecular weight excluding hydrogens is 222 g/mol. The quantitative estimate of drug-likeness (QED) is 0.588. The number of hydrogen-bond donors (Lipinski definition) is 0. The number of rotatable bonds is 3. The minimum Gasteiger partial charge on any atom is -0.482 e. The van der Waals surface area contributed by atoms with Crippen molar-refractivity contribution >= 4 is 5.82 Å². The first kappa shape index (κ1) is 11.8. The molecule has 2 rings (SSSR count). The van der Waals surface area contributed by atoms with E-state index in [1.807, 2.05) is 0 Å². The van der Waals surface area contributed by atoms with Crippen molar-refractivity contribution in [1.29, 1.82) is 0 Å². The van der Waals surface area contributed by atoms with Crippen LogP contribution in [0.15, 0.2) is 18.3 Å². The zero-order valence-corrected chi connectivity index (χ0v) is 9.70. The van der Waals surface area contributed by atoms with Crippen LogP contribution in [0.2, 0.25) is 0 Å². The molecule has 1 aliphatic rings. The fourth-order valence-electron chi connectivity index (χ4n) is 1.89. The summed E-state index contributed by atoms with van der Waals surface area (Å²) in [6.07, 6.45) is 3.24. The number of nitrogens with zero attached hydrogens (tertiary/aromatic N) is 3. The van der Waals surface area contributed by atoms with Gasteiger partial charge >= 0.3 is 5.82 Å². The van der Waals surface area contributed by atoms with Crippen LogP contribution in [0.4, 0.5) is 5.82 Å². The molecule has 6 heteroatoms. The van der Waals surface area contributed by atoms with Crippen LogP contribution < -0.4 is 4.74 Å². The summed E-state index contributed by atoms with van der Waals surface area (Å²) in [4.78, 5) is 16.2. The van der Waals surface area contributed by atoms with E-state index in [1.165, 1.54) is 6.20 Å². The van der Waals surface area contributed by atoms with Crippen molar-refractivity contribution in [3.63, 3.8) is 0 Å². The molecule has 2 heterocycles. The predicted molar refractivity (Wildman–Crippen MR) is 62.0 cm³/mol. The van der Waals surface area contributed by atoms with Gasteiger partial charge in [0.05, 0.1) is 0 Å². The second kappa shape index (κ2) is 5.09. The Bertz CT molecular complexity index is 403. The Morgan fingerprint density at radius 2 is 2.24 bits per heavy atom. The molecule has 1 aliphatic heterocycles. The standard InChI is InChI=1S/C11H15N3O3/c1-13-7-4-9(5-8-13)17-10-3-2-6-12-11(10)14(15)16/h2-3,6,9H,4-5,7-8H2,1H3. The molecule has 1 aromatic rings. The van der Waals surface area contributed by atoms with E-state index in [0.29, 0.717) is 0 Å². The van der Waals surface area contributed by atoms with Crippen molar-refractivity contribution in [2.75, 3.05) is 20.1 Å². The molecule has 92 valence electrons. The van der Waals surface area contributed by atoms with Gasteiger partial charge in [-0.2, -0.15) is 0 Å². The van der Waals surface area contributed by atoms with E-state index in [9.17, 15) is 10.1 Å². The highest BCUT2D eigenvalue weighted by molar-refractivity contribution is 5.38. The fourth-order valence-corrected chi connectivity index (χ4v) is 1.89. The first-order valence-corrected chi connectivity index (χ1v) is 5.61. The van der Waals surface area contributed by atoms with E-state index >= 15 is 0 Å². The highest BCUT2D eigenvalue weighted by atomic mass is 16.6. The summed E-state index contributed by atoms with van der Waals surface area (Å²) in [5, 5.41) is 10.8. The van der Waals surface area contributed by atoms with Crippen molar-refractivity contribution in [3.05, 3.63) is 28.4 Å². The van der Waals surface area contributed by atoms with Crippen molar-refractivity contribution in [3.8, 4) is 5.75 Å². The number of ether oxygens (including phenoxy) is 1. The van der Waals surface area contributed by atoms with Crippen LogP contribution in [0.25, 0.3) is 0 Å². The maximum absolute atomic E-state index is 10.8. The number of pyridine rings is 1. The molecule has 0 unspecified atom stereocenters. The Balaban J connectivity index is 2.05. The molecule has 1 saturated heterocycles. The molecule has 0 amide bonds. The zero-order valence-electron chi connectivity index (χ0n) is 9.70. The molecule has 1 aromatic heterocycles. The lowest BCUT2D eigenvalue weighted by molar-refractivity contribution is -0.390. The third-order valence-electron chi connectivity index (χ3n) is 2.88. The minimum atomic E-state index is -0.510. The van der Waals surface area contributed by atoms with E-state index in [-0.39, 0.29) is 17.7 Å². The first-order valence-electron chi connectivity index (χ1n) is 5.61. The van der Waals surface area contributed by atoms with Crippen LogP contribution in [0, 0.1) is 10.1 Å². The van der Waals surface area contributed by atoms with E-state index in [4.69, 9.17) is 4.74 Å². The topological polar surface area (TPSA) is 68.5 Å². The molecule has 6 nitrogen and oxygen atoms in total. The molecular formula is C11H15N3O3. The lowest BCUT2D eigenvalue weighted by atomic mass is 10.1. The highest BCUT2D eigenvalue weighted by Gasteiger charge is 2.22. The molecule has 0 aromatic carbocycles. The van der Waals surface area contributed by atoms with Gasteiger partial charge in [0.1, 0.15) is 12.3 Å². The van der Waals surface area contributed by atoms with Crippen molar-refractivity contribution < 1.29 is 9.66 Å². The summed E-state index contributed by atoms with van der Waals surface area (Å²) in [6, 6.07) is 3.25. The van der Waals surface area contributed by atoms with Crippen LogP contribution in [-0.4, -0.2) is 41.0 Å². The van der Waals surface area contributed by atoms with Crippen LogP contribution in [0.5, 0.6) is 5.75 Å². The predicted octanol–water partition coefficient (Wildman–Crippen LogP) is 1.46. The molecule has 0 bridgehead atoms. The number of hydrogen-bond acceptors (Lipinski definition) is 5. The summed E-state index contributed by atoms with van der Waals surface area (Å²) in [7, 11) is 2.06. The summed E-state index contributed by atoms with van der Waals surface area (Å²) in [5.41, 5.74) is 0. The summed E-state index contributed by atoms with van der Waals surface area (Å²) in [6.45, 7) is 1.91. The third-order valence-corrected chi connectivity index (χ3v) is 2.88. The largest absolute Gasteiger partial charge is 0.482 e. The SMILES string of the molecule is CN1CCC(Oc2cccnc2[N+](=O)[O-])CC1. The van der Waals surface area contributed by atoms with Crippen LogP contribution in [0.3, 0.4) is 0 Å². The molecule has 0 aliphatic carbocycles. The van der Waals surface area contributed by atoms with E-state index in [0.717, 1.165) is 25.9 Å². The normalized spacial score (nSPS) is 17.9. The Morgan fingerprint density at radius 1 is 1.53 bits per heavy atom. The van der Waals surface area contributed by atoms with Crippen molar-refractivity contribution in [1.82, 2.24) is 9.88 Å². The fraction of sp³-hybridized carbons (Fsp3) is 0.545. The highest BCUT2D eigenvalue weighted by Crippen LogP contribution is 2.26. The Morgan fingerprint density at radius 3 is 2.88 bits per heavy atom. The van der Waals surface area contributed by atoms with Gasteiger partial charge in [0, 0.05) is 13.1 Å². The molecule has 1 fully saturated rings. The number of nitro groups is 1. The first-order chi connectivity index (χ1) is 8.16. The molecule has 0 spiro atoms. The number of aromatic nitrogens is 1. The molecule has 0 N–H and O–H groups in total. The zero-order chi connectivity index (χ0) is 12.3. The summed E-state index contributed by atoms with van der Waals surface area (Å²) >= 11 is 0. The van der Waals surface area contributed by atoms with Gasteiger partial charge in [-0.25, -0.2) is 0 Å². The minimum absolute atomic E-state index is 0.0501. The van der Waals surface area contributed by atoms with Crippen LogP contribution in [-0.2, 0) is 0 Å². The molecule has 0 radical (unpaired) electrons. The number of likely N-dealkylation sites (tertiary alicyclic amines) is 1. The molecule has 0 saturated carbocycles. The average molecular weight is 237 g/mol. The van der Waals surface area contributed by atoms with Gasteiger partial charge in [0.15, 0.2) is 0 Å². The van der Waals surface area contributed by atoms with Gasteiger partial charge in [0.2, 0.25) is 5.75 Å². The van der Waals surface area contributed by atoms with Gasteiger partial charge in [-0.1, -0.05) is 0 Å². The maximum atomic E-state index is 10.8. The van der Waals surface area contributed by atoms with Gasteiger partial charge in [-0.15, -0.1) is 0 Å². The lowest BCUT2D eigenvalue weighted by Crippen LogP contribution is -2.35. The Kier molecular flexibility index (Phi) is 3.53.